The van der Waals surface area contributed by atoms with Crippen LogP contribution in [0.4, 0.5) is 17.6 Å². The Kier molecular flexibility index (Phi) is 5.92. The molecule has 0 aromatic heterocycles. The van der Waals surface area contributed by atoms with Crippen LogP contribution < -0.4 is 5.32 Å². The number of nitrogens with one attached hydrogen (secondary N) is 1. The van der Waals surface area contributed by atoms with Crippen LogP contribution in [0.1, 0.15) is 36.4 Å². The first-order valence-corrected chi connectivity index (χ1v) is 7.79. The van der Waals surface area contributed by atoms with Gasteiger partial charge in [-0.05, 0) is 24.8 Å². The smallest absolute Gasteiger partial charge is 0.314 e. The molecule has 1 aliphatic heterocycles. The molecule has 0 unspecified atom stereocenters. The molecule has 1 N–H and O–H groups in total. The Morgan fingerprint density at radius 1 is 1.13 bits per heavy atom. The normalized spacial score (nSPS) is 21.4. The van der Waals surface area contributed by atoms with Gasteiger partial charge in [0.2, 0.25) is 0 Å². The van der Waals surface area contributed by atoms with Crippen molar-refractivity contribution in [2.24, 2.45) is 5.92 Å². The van der Waals surface area contributed by atoms with E-state index in [9.17, 15) is 17.6 Å². The standard InChI is InChI=1S/C16H20F4N2.ClH/c17-14-12(5-2-6-13(14)16(18,19)20)15(11-3-1-4-11)22-9-7-21-8-10-22;/h2,5-6,11,15,21H,1,3-4,7-10H2;1H/t15-;/m1./s1. The molecule has 3 rings (SSSR count). The fourth-order valence-corrected chi connectivity index (χ4v) is 3.46. The quantitative estimate of drug-likeness (QED) is 0.827. The molecule has 1 saturated heterocycles. The lowest BCUT2D eigenvalue weighted by Crippen LogP contribution is -2.48. The summed E-state index contributed by atoms with van der Waals surface area (Å²) in [4.78, 5) is 2.14. The van der Waals surface area contributed by atoms with E-state index in [1.807, 2.05) is 0 Å². The van der Waals surface area contributed by atoms with Crippen LogP contribution in [0.25, 0.3) is 0 Å². The van der Waals surface area contributed by atoms with Crippen LogP contribution in [0.5, 0.6) is 0 Å². The number of nitrogens with zero attached hydrogens (tertiary/aromatic N) is 1. The molecule has 0 spiro atoms. The molecule has 1 heterocycles. The Morgan fingerprint density at radius 3 is 2.30 bits per heavy atom. The van der Waals surface area contributed by atoms with Crippen molar-refractivity contribution < 1.29 is 17.6 Å². The second-order valence-corrected chi connectivity index (χ2v) is 6.13. The van der Waals surface area contributed by atoms with Gasteiger partial charge in [0.15, 0.2) is 0 Å². The number of hydrogen-bond acceptors (Lipinski definition) is 2. The highest BCUT2D eigenvalue weighted by Gasteiger charge is 2.39. The third-order valence-electron chi connectivity index (χ3n) is 4.79. The van der Waals surface area contributed by atoms with Gasteiger partial charge in [-0.3, -0.25) is 4.90 Å². The van der Waals surface area contributed by atoms with Gasteiger partial charge in [0.25, 0.3) is 0 Å². The molecule has 1 aromatic rings. The zero-order valence-corrected chi connectivity index (χ0v) is 13.5. The summed E-state index contributed by atoms with van der Waals surface area (Å²) >= 11 is 0. The molecule has 130 valence electrons. The summed E-state index contributed by atoms with van der Waals surface area (Å²) < 4.78 is 53.4. The Bertz CT molecular complexity index is 525. The van der Waals surface area contributed by atoms with E-state index in [4.69, 9.17) is 0 Å². The van der Waals surface area contributed by atoms with E-state index in [1.165, 1.54) is 12.1 Å². The predicted octanol–water partition coefficient (Wildman–Crippen LogP) is 4.01. The van der Waals surface area contributed by atoms with Gasteiger partial charge in [-0.2, -0.15) is 13.2 Å². The first-order chi connectivity index (χ1) is 10.5. The molecular formula is C16H21ClF4N2. The summed E-state index contributed by atoms with van der Waals surface area (Å²) in [6, 6.07) is 3.44. The van der Waals surface area contributed by atoms with Gasteiger partial charge in [0.05, 0.1) is 5.56 Å². The molecule has 2 nitrogen and oxygen atoms in total. The third kappa shape index (κ3) is 3.80. The molecule has 1 aromatic carbocycles. The first kappa shape index (κ1) is 18.5. The highest BCUT2D eigenvalue weighted by Crippen LogP contribution is 2.44. The van der Waals surface area contributed by atoms with Gasteiger partial charge >= 0.3 is 6.18 Å². The zero-order valence-electron chi connectivity index (χ0n) is 12.7. The summed E-state index contributed by atoms with van der Waals surface area (Å²) in [6.45, 7) is 3.08. The molecule has 1 aliphatic carbocycles. The summed E-state index contributed by atoms with van der Waals surface area (Å²) in [5.74, 6) is -0.832. The number of piperazine rings is 1. The predicted molar refractivity (Wildman–Crippen MR) is 83.2 cm³/mol. The lowest BCUT2D eigenvalue weighted by Gasteiger charge is -2.43. The minimum absolute atomic E-state index is 0. The van der Waals surface area contributed by atoms with Gasteiger partial charge in [0, 0.05) is 37.8 Å². The van der Waals surface area contributed by atoms with E-state index in [1.54, 1.807) is 0 Å². The fraction of sp³-hybridized carbons (Fsp3) is 0.625. The van der Waals surface area contributed by atoms with Crippen LogP contribution in [0.2, 0.25) is 0 Å². The van der Waals surface area contributed by atoms with E-state index >= 15 is 0 Å². The molecule has 1 atom stereocenters. The van der Waals surface area contributed by atoms with E-state index in [0.717, 1.165) is 51.5 Å². The van der Waals surface area contributed by atoms with Gasteiger partial charge in [-0.15, -0.1) is 12.4 Å². The minimum Gasteiger partial charge on any atom is -0.314 e. The van der Waals surface area contributed by atoms with Crippen molar-refractivity contribution in [2.75, 3.05) is 26.2 Å². The van der Waals surface area contributed by atoms with Crippen molar-refractivity contribution in [3.8, 4) is 0 Å². The van der Waals surface area contributed by atoms with Crippen LogP contribution >= 0.6 is 12.4 Å². The third-order valence-corrected chi connectivity index (χ3v) is 4.79. The number of hydrogen-bond donors (Lipinski definition) is 1. The van der Waals surface area contributed by atoms with E-state index in [0.29, 0.717) is 0 Å². The van der Waals surface area contributed by atoms with Gasteiger partial charge in [0.1, 0.15) is 5.82 Å². The summed E-state index contributed by atoms with van der Waals surface area (Å²) in [7, 11) is 0. The summed E-state index contributed by atoms with van der Waals surface area (Å²) in [6.07, 6.45) is -1.64. The zero-order chi connectivity index (χ0) is 15.7. The molecule has 2 fully saturated rings. The molecule has 0 bridgehead atoms. The lowest BCUT2D eigenvalue weighted by atomic mass is 9.76. The van der Waals surface area contributed by atoms with Gasteiger partial charge < -0.3 is 5.32 Å². The molecule has 0 radical (unpaired) electrons. The highest BCUT2D eigenvalue weighted by atomic mass is 35.5. The van der Waals surface area contributed by atoms with Crippen LogP contribution in [0.15, 0.2) is 18.2 Å². The van der Waals surface area contributed by atoms with Gasteiger partial charge in [-0.25, -0.2) is 4.39 Å². The maximum Gasteiger partial charge on any atom is 0.419 e. The molecule has 23 heavy (non-hydrogen) atoms. The Hall–Kier alpha value is -0.850. The number of alkyl halides is 3. The van der Waals surface area contributed by atoms with Crippen molar-refractivity contribution >= 4 is 12.4 Å². The lowest BCUT2D eigenvalue weighted by molar-refractivity contribution is -0.140. The molecule has 0 amide bonds. The van der Waals surface area contributed by atoms with Crippen molar-refractivity contribution in [1.29, 1.82) is 0 Å². The number of rotatable bonds is 3. The molecule has 7 heteroatoms. The van der Waals surface area contributed by atoms with Crippen LogP contribution in [-0.4, -0.2) is 31.1 Å². The second-order valence-electron chi connectivity index (χ2n) is 6.13. The molecular weight excluding hydrogens is 332 g/mol. The maximum absolute atomic E-state index is 14.5. The van der Waals surface area contributed by atoms with Crippen molar-refractivity contribution in [2.45, 2.75) is 31.5 Å². The van der Waals surface area contributed by atoms with Crippen LogP contribution in [0.3, 0.4) is 0 Å². The number of benzene rings is 1. The first-order valence-electron chi connectivity index (χ1n) is 7.79. The average molecular weight is 353 g/mol. The Morgan fingerprint density at radius 2 is 1.78 bits per heavy atom. The summed E-state index contributed by atoms with van der Waals surface area (Å²) in [5.41, 5.74) is -0.939. The minimum atomic E-state index is -4.65. The van der Waals surface area contributed by atoms with Crippen molar-refractivity contribution in [3.63, 3.8) is 0 Å². The van der Waals surface area contributed by atoms with Crippen LogP contribution in [-0.2, 0) is 6.18 Å². The SMILES string of the molecule is Cl.Fc1c([C@@H](C2CCC2)N2CCNCC2)cccc1C(F)(F)F. The Labute approximate surface area is 139 Å². The monoisotopic (exact) mass is 352 g/mol. The van der Waals surface area contributed by atoms with Gasteiger partial charge in [-0.1, -0.05) is 18.6 Å². The largest absolute Gasteiger partial charge is 0.419 e. The number of halogens is 5. The topological polar surface area (TPSA) is 15.3 Å². The van der Waals surface area contributed by atoms with E-state index < -0.39 is 17.6 Å². The summed E-state index contributed by atoms with van der Waals surface area (Å²) in [5, 5.41) is 3.23. The average Bonchev–Trinajstić information content (AvgIpc) is 2.43. The second kappa shape index (κ2) is 7.36. The fourth-order valence-electron chi connectivity index (χ4n) is 3.46. The maximum atomic E-state index is 14.5. The van der Waals surface area contributed by atoms with Crippen molar-refractivity contribution in [1.82, 2.24) is 10.2 Å². The van der Waals surface area contributed by atoms with Crippen molar-refractivity contribution in [3.05, 3.63) is 35.1 Å². The molecule has 1 saturated carbocycles. The highest BCUT2D eigenvalue weighted by molar-refractivity contribution is 5.85. The molecule has 2 aliphatic rings. The van der Waals surface area contributed by atoms with Crippen LogP contribution in [0, 0.1) is 11.7 Å². The van der Waals surface area contributed by atoms with E-state index in [2.05, 4.69) is 10.2 Å². The van der Waals surface area contributed by atoms with E-state index in [-0.39, 0.29) is 29.9 Å². The Balaban J connectivity index is 0.00000192.